The van der Waals surface area contributed by atoms with Crippen LogP contribution in [0.2, 0.25) is 0 Å². The van der Waals surface area contributed by atoms with Crippen LogP contribution in [0.15, 0.2) is 128 Å². The molecule has 0 aliphatic heterocycles. The van der Waals surface area contributed by atoms with E-state index in [0.29, 0.717) is 11.8 Å². The monoisotopic (exact) mass is 546 g/mol. The Hall–Kier alpha value is -5.62. The molecule has 2 aromatic heterocycles. The van der Waals surface area contributed by atoms with Crippen molar-refractivity contribution < 1.29 is 8.83 Å². The summed E-state index contributed by atoms with van der Waals surface area (Å²) in [4.78, 5) is 18.7. The first-order valence-electron chi connectivity index (χ1n) is 13.7. The fourth-order valence-corrected chi connectivity index (χ4v) is 4.81. The van der Waals surface area contributed by atoms with Crippen molar-refractivity contribution in [1.82, 2.24) is 9.97 Å². The number of aromatic nitrogens is 2. The van der Waals surface area contributed by atoms with Crippen LogP contribution in [0.5, 0.6) is 0 Å². The number of rotatable bonds is 6. The van der Waals surface area contributed by atoms with Gasteiger partial charge in [0.25, 0.3) is 0 Å². The summed E-state index contributed by atoms with van der Waals surface area (Å²) in [5.41, 5.74) is 10.9. The van der Waals surface area contributed by atoms with Crippen molar-refractivity contribution in [2.75, 3.05) is 0 Å². The maximum Gasteiger partial charge on any atom is 0.227 e. The molecule has 0 N–H and O–H groups in total. The molecule has 0 fully saturated rings. The summed E-state index contributed by atoms with van der Waals surface area (Å²) in [6.45, 7) is 4.10. The highest BCUT2D eigenvalue weighted by molar-refractivity contribution is 5.88. The molecule has 6 heteroatoms. The predicted molar refractivity (Wildman–Crippen MR) is 169 cm³/mol. The molecular formula is C36H26N4O2. The molecule has 202 valence electrons. The van der Waals surface area contributed by atoms with Gasteiger partial charge in [-0.1, -0.05) is 60.7 Å². The summed E-state index contributed by atoms with van der Waals surface area (Å²) in [6, 6.07) is 35.8. The van der Waals surface area contributed by atoms with Gasteiger partial charge in [-0.3, -0.25) is 9.98 Å². The first-order chi connectivity index (χ1) is 20.6. The van der Waals surface area contributed by atoms with E-state index in [2.05, 4.69) is 45.9 Å². The van der Waals surface area contributed by atoms with Gasteiger partial charge in [0.15, 0.2) is 11.2 Å². The van der Waals surface area contributed by atoms with Gasteiger partial charge in [-0.2, -0.15) is 0 Å². The molecule has 0 bridgehead atoms. The minimum absolute atomic E-state index is 0.620. The van der Waals surface area contributed by atoms with Gasteiger partial charge in [0.1, 0.15) is 11.0 Å². The van der Waals surface area contributed by atoms with Gasteiger partial charge in [-0.25, -0.2) is 9.97 Å². The molecular weight excluding hydrogens is 520 g/mol. The Bertz CT molecular complexity index is 1960. The highest BCUT2D eigenvalue weighted by atomic mass is 16.4. The summed E-state index contributed by atoms with van der Waals surface area (Å²) in [7, 11) is 0. The number of hydrogen-bond donors (Lipinski definition) is 0. The van der Waals surface area contributed by atoms with Gasteiger partial charge < -0.3 is 8.83 Å². The van der Waals surface area contributed by atoms with Crippen LogP contribution < -0.4 is 0 Å². The highest BCUT2D eigenvalue weighted by Crippen LogP contribution is 2.30. The summed E-state index contributed by atoms with van der Waals surface area (Å²) >= 11 is 0. The number of fused-ring (bicyclic) bond motifs is 2. The van der Waals surface area contributed by atoms with Crippen molar-refractivity contribution in [1.29, 1.82) is 0 Å². The van der Waals surface area contributed by atoms with Crippen LogP contribution in [-0.4, -0.2) is 22.4 Å². The molecule has 0 aliphatic carbocycles. The van der Waals surface area contributed by atoms with E-state index in [-0.39, 0.29) is 0 Å². The predicted octanol–water partition coefficient (Wildman–Crippen LogP) is 9.42. The van der Waals surface area contributed by atoms with Crippen molar-refractivity contribution in [3.8, 4) is 22.9 Å². The quantitative estimate of drug-likeness (QED) is 0.195. The number of oxazole rings is 2. The molecule has 0 aliphatic rings. The first kappa shape index (κ1) is 25.4. The molecule has 5 aromatic carbocycles. The molecule has 0 saturated carbocycles. The lowest BCUT2D eigenvalue weighted by Crippen LogP contribution is -1.84. The van der Waals surface area contributed by atoms with Gasteiger partial charge in [-0.15, -0.1) is 0 Å². The van der Waals surface area contributed by atoms with Gasteiger partial charge >= 0.3 is 0 Å². The first-order valence-corrected chi connectivity index (χ1v) is 13.7. The van der Waals surface area contributed by atoms with Crippen LogP contribution in [0.3, 0.4) is 0 Å². The third-order valence-electron chi connectivity index (χ3n) is 7.16. The molecule has 0 atom stereocenters. The Morgan fingerprint density at radius 1 is 0.524 bits per heavy atom. The Labute approximate surface area is 242 Å². The van der Waals surface area contributed by atoms with Gasteiger partial charge in [0.05, 0.1) is 11.4 Å². The topological polar surface area (TPSA) is 76.8 Å². The van der Waals surface area contributed by atoms with Crippen LogP contribution in [0.4, 0.5) is 11.4 Å². The third kappa shape index (κ3) is 5.13. The Morgan fingerprint density at radius 3 is 1.38 bits per heavy atom. The van der Waals surface area contributed by atoms with Crippen molar-refractivity contribution >= 4 is 46.0 Å². The number of nitrogens with zero attached hydrogens (tertiary/aromatic N) is 4. The zero-order valence-corrected chi connectivity index (χ0v) is 23.2. The molecule has 42 heavy (non-hydrogen) atoms. The summed E-state index contributed by atoms with van der Waals surface area (Å²) in [6.07, 6.45) is 3.68. The average molecular weight is 547 g/mol. The van der Waals surface area contributed by atoms with Crippen LogP contribution in [-0.2, 0) is 0 Å². The van der Waals surface area contributed by atoms with Gasteiger partial charge in [0.2, 0.25) is 11.8 Å². The van der Waals surface area contributed by atoms with E-state index in [4.69, 9.17) is 8.83 Å². The summed E-state index contributed by atoms with van der Waals surface area (Å²) in [5.74, 6) is 1.24. The molecule has 7 aromatic rings. The Kier molecular flexibility index (Phi) is 6.49. The molecule has 7 rings (SSSR count). The molecule has 0 saturated heterocycles. The standard InChI is InChI=1S/C36H26N4O2/c1-23-7-3-5-9-29(23)35-39-31-19-27(15-17-33(31)41-35)37-21-25-11-13-26(14-12-25)22-38-28-16-18-34-32(20-28)40-36(42-34)30-10-6-4-8-24(30)2/h3-22H,1-2H3. The minimum atomic E-state index is 0.620. The van der Waals surface area contributed by atoms with E-state index in [1.54, 1.807) is 0 Å². The largest absolute Gasteiger partial charge is 0.436 e. The lowest BCUT2D eigenvalue weighted by molar-refractivity contribution is 0.619. The fourth-order valence-electron chi connectivity index (χ4n) is 4.81. The molecule has 0 spiro atoms. The fraction of sp³-hybridized carbons (Fsp3) is 0.0556. The second-order valence-corrected chi connectivity index (χ2v) is 10.2. The van der Waals surface area contributed by atoms with E-state index in [1.165, 1.54) is 0 Å². The van der Waals surface area contributed by atoms with Crippen molar-refractivity contribution in [3.05, 3.63) is 131 Å². The summed E-state index contributed by atoms with van der Waals surface area (Å²) in [5, 5.41) is 0. The second-order valence-electron chi connectivity index (χ2n) is 10.2. The second kappa shape index (κ2) is 10.7. The maximum absolute atomic E-state index is 5.98. The maximum atomic E-state index is 5.98. The smallest absolute Gasteiger partial charge is 0.227 e. The normalized spacial score (nSPS) is 11.9. The van der Waals surface area contributed by atoms with Gasteiger partial charge in [0, 0.05) is 23.6 Å². The Balaban J connectivity index is 1.04. The minimum Gasteiger partial charge on any atom is -0.436 e. The molecule has 6 nitrogen and oxygen atoms in total. The van der Waals surface area contributed by atoms with Crippen LogP contribution in [0.25, 0.3) is 45.1 Å². The molecule has 0 unspecified atom stereocenters. The van der Waals surface area contributed by atoms with E-state index in [9.17, 15) is 0 Å². The van der Waals surface area contributed by atoms with E-state index < -0.39 is 0 Å². The van der Waals surface area contributed by atoms with E-state index in [0.717, 1.165) is 67.0 Å². The Morgan fingerprint density at radius 2 is 0.952 bits per heavy atom. The number of aryl methyl sites for hydroxylation is 2. The van der Waals surface area contributed by atoms with Crippen LogP contribution >= 0.6 is 0 Å². The van der Waals surface area contributed by atoms with Crippen molar-refractivity contribution in [2.45, 2.75) is 13.8 Å². The van der Waals surface area contributed by atoms with Crippen LogP contribution in [0.1, 0.15) is 22.3 Å². The van der Waals surface area contributed by atoms with Crippen LogP contribution in [0, 0.1) is 13.8 Å². The van der Waals surface area contributed by atoms with E-state index in [1.807, 2.05) is 109 Å². The molecule has 2 heterocycles. The zero-order valence-electron chi connectivity index (χ0n) is 23.2. The SMILES string of the molecule is Cc1ccccc1-c1nc2cc(N=Cc3ccc(C=Nc4ccc5oc(-c6ccccc6C)nc5c4)cc3)ccc2o1. The van der Waals surface area contributed by atoms with Crippen molar-refractivity contribution in [3.63, 3.8) is 0 Å². The number of benzene rings is 5. The van der Waals surface area contributed by atoms with Crippen molar-refractivity contribution in [2.24, 2.45) is 9.98 Å². The zero-order chi connectivity index (χ0) is 28.5. The molecule has 0 amide bonds. The highest BCUT2D eigenvalue weighted by Gasteiger charge is 2.11. The summed E-state index contributed by atoms with van der Waals surface area (Å²) < 4.78 is 12.0. The lowest BCUT2D eigenvalue weighted by atomic mass is 10.1. The number of aliphatic imine (C=N–C) groups is 2. The van der Waals surface area contributed by atoms with Gasteiger partial charge in [-0.05, 0) is 84.6 Å². The lowest BCUT2D eigenvalue weighted by Gasteiger charge is -1.98. The number of hydrogen-bond acceptors (Lipinski definition) is 6. The average Bonchev–Trinajstić information content (AvgIpc) is 3.63. The molecule has 0 radical (unpaired) electrons. The van der Waals surface area contributed by atoms with E-state index >= 15 is 0 Å². The third-order valence-corrected chi connectivity index (χ3v) is 7.16.